The van der Waals surface area contributed by atoms with Gasteiger partial charge in [-0.25, -0.2) is 0 Å². The van der Waals surface area contributed by atoms with Crippen LogP contribution < -0.4 is 0 Å². The summed E-state index contributed by atoms with van der Waals surface area (Å²) in [6.07, 6.45) is 1.05. The number of hydrogen-bond acceptors (Lipinski definition) is 5. The molecule has 0 radical (unpaired) electrons. The van der Waals surface area contributed by atoms with Crippen molar-refractivity contribution < 1.29 is 10.2 Å². The molecule has 18 heavy (non-hydrogen) atoms. The molecule has 0 aromatic heterocycles. The Hall–Kier alpha value is -1.33. The van der Waals surface area contributed by atoms with Gasteiger partial charge >= 0.3 is 0 Å². The number of nitrogens with zero attached hydrogens (tertiary/aromatic N) is 2. The van der Waals surface area contributed by atoms with Gasteiger partial charge in [0, 0.05) is 24.1 Å². The molecule has 0 saturated heterocycles. The summed E-state index contributed by atoms with van der Waals surface area (Å²) in [6, 6.07) is 4.90. The molecule has 2 aliphatic heterocycles. The van der Waals surface area contributed by atoms with Crippen LogP contribution in [0, 0.1) is 0 Å². The summed E-state index contributed by atoms with van der Waals surface area (Å²) >= 11 is 1.61. The molecule has 2 heterocycles. The molecule has 3 rings (SSSR count). The lowest BCUT2D eigenvalue weighted by Gasteiger charge is -2.25. The van der Waals surface area contributed by atoms with E-state index in [9.17, 15) is 10.2 Å². The van der Waals surface area contributed by atoms with Crippen molar-refractivity contribution in [3.63, 3.8) is 0 Å². The minimum atomic E-state index is -0.0902. The van der Waals surface area contributed by atoms with Crippen LogP contribution in [0.25, 0.3) is 5.70 Å². The number of benzene rings is 1. The van der Waals surface area contributed by atoms with E-state index in [2.05, 4.69) is 9.89 Å². The summed E-state index contributed by atoms with van der Waals surface area (Å²) in [7, 11) is 0. The van der Waals surface area contributed by atoms with E-state index in [0.29, 0.717) is 0 Å². The molecule has 0 fully saturated rings. The number of thioether (sulfide) groups is 1. The Labute approximate surface area is 115 Å². The van der Waals surface area contributed by atoms with E-state index in [-0.39, 0.29) is 23.9 Å². The number of halogens is 1. The first-order valence-corrected chi connectivity index (χ1v) is 6.35. The van der Waals surface area contributed by atoms with E-state index in [0.717, 1.165) is 35.9 Å². The van der Waals surface area contributed by atoms with Crippen LogP contribution in [-0.4, -0.2) is 33.4 Å². The van der Waals surface area contributed by atoms with Gasteiger partial charge in [-0.2, -0.15) is 0 Å². The van der Waals surface area contributed by atoms with Crippen molar-refractivity contribution in [3.8, 4) is 11.5 Å². The maximum absolute atomic E-state index is 9.52. The highest BCUT2D eigenvalue weighted by atomic mass is 35.5. The summed E-state index contributed by atoms with van der Waals surface area (Å²) in [6.45, 7) is 1.85. The van der Waals surface area contributed by atoms with E-state index in [1.165, 1.54) is 6.07 Å². The molecular weight excluding hydrogens is 272 g/mol. The normalized spacial score (nSPS) is 17.7. The van der Waals surface area contributed by atoms with Crippen molar-refractivity contribution in [2.75, 3.05) is 13.1 Å². The summed E-state index contributed by atoms with van der Waals surface area (Å²) in [4.78, 5) is 6.60. The molecule has 2 N–H and O–H groups in total. The largest absolute Gasteiger partial charge is 0.504 e. The van der Waals surface area contributed by atoms with E-state index in [1.54, 1.807) is 23.9 Å². The van der Waals surface area contributed by atoms with Gasteiger partial charge in [0.15, 0.2) is 16.7 Å². The van der Waals surface area contributed by atoms with Crippen LogP contribution in [0.3, 0.4) is 0 Å². The number of hydrogen-bond donors (Lipinski definition) is 2. The van der Waals surface area contributed by atoms with Gasteiger partial charge in [0.25, 0.3) is 0 Å². The highest BCUT2D eigenvalue weighted by Crippen LogP contribution is 2.37. The Balaban J connectivity index is 0.00000120. The topological polar surface area (TPSA) is 56.1 Å². The molecule has 0 aliphatic carbocycles. The fourth-order valence-electron chi connectivity index (χ4n) is 1.99. The number of phenolic OH excluding ortho intramolecular Hbond substituents is 2. The summed E-state index contributed by atoms with van der Waals surface area (Å²) in [5.41, 5.74) is 1.95. The third-order valence-electron chi connectivity index (χ3n) is 2.86. The van der Waals surface area contributed by atoms with E-state index in [1.807, 2.05) is 5.41 Å². The molecule has 1 aromatic carbocycles. The van der Waals surface area contributed by atoms with Crippen molar-refractivity contribution in [2.24, 2.45) is 4.99 Å². The molecule has 0 spiro atoms. The monoisotopic (exact) mass is 284 g/mol. The summed E-state index contributed by atoms with van der Waals surface area (Å²) in [5, 5.41) is 21.9. The van der Waals surface area contributed by atoms with Gasteiger partial charge in [-0.1, -0.05) is 11.8 Å². The lowest BCUT2D eigenvalue weighted by Crippen LogP contribution is -2.28. The van der Waals surface area contributed by atoms with E-state index >= 15 is 0 Å². The molecule has 0 saturated carbocycles. The van der Waals surface area contributed by atoms with Crippen LogP contribution in [0.2, 0.25) is 0 Å². The number of rotatable bonds is 1. The van der Waals surface area contributed by atoms with Crippen LogP contribution in [0.1, 0.15) is 12.0 Å². The fourth-order valence-corrected chi connectivity index (χ4v) is 2.95. The molecule has 0 bridgehead atoms. The summed E-state index contributed by atoms with van der Waals surface area (Å²) < 4.78 is 0. The Bertz CT molecular complexity index is 531. The standard InChI is InChI=1S/C12H12N2O2S.ClH/c15-10-3-2-8(6-11(10)16)9-7-17-12-13-4-1-5-14(9)12;/h2-3,6-7,15-16H,1,4-5H2;1H. The molecule has 4 nitrogen and oxygen atoms in total. The van der Waals surface area contributed by atoms with Gasteiger partial charge < -0.3 is 15.1 Å². The third-order valence-corrected chi connectivity index (χ3v) is 3.76. The second-order valence-electron chi connectivity index (χ2n) is 3.99. The number of phenols is 2. The zero-order chi connectivity index (χ0) is 11.8. The average molecular weight is 285 g/mol. The lowest BCUT2D eigenvalue weighted by atomic mass is 10.1. The zero-order valence-electron chi connectivity index (χ0n) is 9.54. The van der Waals surface area contributed by atoms with Gasteiger partial charge in [-0.15, -0.1) is 12.4 Å². The number of aliphatic imine (C=N–C) groups is 1. The van der Waals surface area contributed by atoms with E-state index in [4.69, 9.17) is 0 Å². The first kappa shape index (κ1) is 13.1. The van der Waals surface area contributed by atoms with Crippen molar-refractivity contribution in [3.05, 3.63) is 29.2 Å². The predicted octanol–water partition coefficient (Wildman–Crippen LogP) is 2.63. The van der Waals surface area contributed by atoms with Crippen LogP contribution in [0.5, 0.6) is 11.5 Å². The SMILES string of the molecule is Cl.Oc1ccc(C2=CSC3=NCCCN23)cc1O. The Morgan fingerprint density at radius 1 is 1.22 bits per heavy atom. The van der Waals surface area contributed by atoms with Crippen LogP contribution in [0.15, 0.2) is 28.6 Å². The molecule has 2 aliphatic rings. The molecule has 0 amide bonds. The molecule has 0 atom stereocenters. The molecule has 0 unspecified atom stereocenters. The van der Waals surface area contributed by atoms with Crippen molar-refractivity contribution in [2.45, 2.75) is 6.42 Å². The maximum Gasteiger partial charge on any atom is 0.168 e. The second kappa shape index (κ2) is 5.12. The quantitative estimate of drug-likeness (QED) is 0.779. The minimum Gasteiger partial charge on any atom is -0.504 e. The predicted molar refractivity (Wildman–Crippen MR) is 76.2 cm³/mol. The number of fused-ring (bicyclic) bond motifs is 1. The Morgan fingerprint density at radius 2 is 2.06 bits per heavy atom. The summed E-state index contributed by atoms with van der Waals surface area (Å²) in [5.74, 6) is -0.177. The first-order valence-electron chi connectivity index (χ1n) is 5.47. The molecule has 96 valence electrons. The maximum atomic E-state index is 9.52. The minimum absolute atomic E-state index is 0. The molecule has 6 heteroatoms. The van der Waals surface area contributed by atoms with Crippen molar-refractivity contribution in [1.29, 1.82) is 0 Å². The van der Waals surface area contributed by atoms with Gasteiger partial charge in [0.05, 0.1) is 5.70 Å². The fraction of sp³-hybridized carbons (Fsp3) is 0.250. The highest BCUT2D eigenvalue weighted by molar-refractivity contribution is 8.16. The second-order valence-corrected chi connectivity index (χ2v) is 4.83. The third kappa shape index (κ3) is 2.15. The zero-order valence-corrected chi connectivity index (χ0v) is 11.2. The Morgan fingerprint density at radius 3 is 2.83 bits per heavy atom. The first-order chi connectivity index (χ1) is 8.25. The smallest absolute Gasteiger partial charge is 0.168 e. The van der Waals surface area contributed by atoms with Gasteiger partial charge in [-0.05, 0) is 24.6 Å². The highest BCUT2D eigenvalue weighted by Gasteiger charge is 2.25. The number of aromatic hydroxyl groups is 2. The Kier molecular flexibility index (Phi) is 3.73. The van der Waals surface area contributed by atoms with Crippen molar-refractivity contribution >= 4 is 35.0 Å². The molecule has 1 aromatic rings. The van der Waals surface area contributed by atoms with E-state index < -0.39 is 0 Å². The van der Waals surface area contributed by atoms with Crippen LogP contribution >= 0.6 is 24.2 Å². The van der Waals surface area contributed by atoms with Gasteiger partial charge in [-0.3, -0.25) is 4.99 Å². The van der Waals surface area contributed by atoms with Crippen LogP contribution in [0.4, 0.5) is 0 Å². The van der Waals surface area contributed by atoms with Gasteiger partial charge in [0.1, 0.15) is 0 Å². The lowest BCUT2D eigenvalue weighted by molar-refractivity contribution is 0.403. The average Bonchev–Trinajstić information content (AvgIpc) is 2.76. The van der Waals surface area contributed by atoms with Crippen LogP contribution in [-0.2, 0) is 0 Å². The number of amidine groups is 1. The van der Waals surface area contributed by atoms with Crippen molar-refractivity contribution in [1.82, 2.24) is 4.90 Å². The molecular formula is C12H13ClN2O2S. The van der Waals surface area contributed by atoms with Gasteiger partial charge in [0.2, 0.25) is 0 Å².